The van der Waals surface area contributed by atoms with E-state index in [0.29, 0.717) is 5.56 Å². The van der Waals surface area contributed by atoms with Gasteiger partial charge in [-0.1, -0.05) is 0 Å². The Morgan fingerprint density at radius 2 is 1.95 bits per heavy atom. The lowest BCUT2D eigenvalue weighted by Gasteiger charge is -2.20. The summed E-state index contributed by atoms with van der Waals surface area (Å²) < 4.78 is 0. The molecule has 0 aliphatic carbocycles. The number of benzene rings is 1. The molecule has 0 atom stereocenters. The molecule has 1 aromatic carbocycles. The van der Waals surface area contributed by atoms with Crippen LogP contribution in [0.5, 0.6) is 0 Å². The number of rotatable bonds is 3. The highest BCUT2D eigenvalue weighted by Crippen LogP contribution is 2.14. The molecule has 1 heterocycles. The second kappa shape index (κ2) is 5.36. The molecule has 0 radical (unpaired) electrons. The molecule has 0 bridgehead atoms. The lowest BCUT2D eigenvalue weighted by Crippen LogP contribution is -2.45. The SMILES string of the molecule is CC(C)(C)NC(=O)CNC(=O)c1ccc2[nH]ccc2c1. The van der Waals surface area contributed by atoms with Crippen molar-refractivity contribution in [2.24, 2.45) is 0 Å². The zero-order valence-electron chi connectivity index (χ0n) is 11.9. The zero-order valence-corrected chi connectivity index (χ0v) is 11.9. The van der Waals surface area contributed by atoms with Gasteiger partial charge in [0.25, 0.3) is 5.91 Å². The van der Waals surface area contributed by atoms with Crippen LogP contribution in [-0.2, 0) is 4.79 Å². The maximum Gasteiger partial charge on any atom is 0.251 e. The maximum absolute atomic E-state index is 12.0. The van der Waals surface area contributed by atoms with E-state index in [9.17, 15) is 9.59 Å². The molecule has 3 N–H and O–H groups in total. The monoisotopic (exact) mass is 273 g/mol. The molecule has 20 heavy (non-hydrogen) atoms. The second-order valence-electron chi connectivity index (χ2n) is 5.76. The van der Waals surface area contributed by atoms with Crippen molar-refractivity contribution in [3.8, 4) is 0 Å². The van der Waals surface area contributed by atoms with Crippen molar-refractivity contribution in [1.29, 1.82) is 0 Å². The first-order valence-electron chi connectivity index (χ1n) is 6.51. The van der Waals surface area contributed by atoms with Crippen LogP contribution in [0.2, 0.25) is 0 Å². The van der Waals surface area contributed by atoms with Gasteiger partial charge in [-0.25, -0.2) is 0 Å². The van der Waals surface area contributed by atoms with Crippen LogP contribution < -0.4 is 10.6 Å². The van der Waals surface area contributed by atoms with Crippen LogP contribution in [-0.4, -0.2) is 28.9 Å². The van der Waals surface area contributed by atoms with Gasteiger partial charge in [0, 0.05) is 28.2 Å². The molecule has 2 rings (SSSR count). The number of carbonyl (C=O) groups is 2. The molecule has 0 aliphatic heterocycles. The molecule has 0 spiro atoms. The van der Waals surface area contributed by atoms with E-state index in [1.807, 2.05) is 39.1 Å². The number of aromatic amines is 1. The quantitative estimate of drug-likeness (QED) is 0.798. The first-order valence-corrected chi connectivity index (χ1v) is 6.51. The van der Waals surface area contributed by atoms with E-state index in [-0.39, 0.29) is 23.9 Å². The highest BCUT2D eigenvalue weighted by atomic mass is 16.2. The number of H-pyrrole nitrogens is 1. The van der Waals surface area contributed by atoms with Crippen molar-refractivity contribution in [1.82, 2.24) is 15.6 Å². The molecule has 1 aromatic heterocycles. The van der Waals surface area contributed by atoms with Gasteiger partial charge in [0.2, 0.25) is 5.91 Å². The van der Waals surface area contributed by atoms with E-state index in [1.165, 1.54) is 0 Å². The highest BCUT2D eigenvalue weighted by molar-refractivity contribution is 5.99. The minimum atomic E-state index is -0.300. The Balaban J connectivity index is 1.96. The van der Waals surface area contributed by atoms with Crippen molar-refractivity contribution in [3.63, 3.8) is 0 Å². The van der Waals surface area contributed by atoms with E-state index in [2.05, 4.69) is 15.6 Å². The number of carbonyl (C=O) groups excluding carboxylic acids is 2. The predicted molar refractivity (Wildman–Crippen MR) is 78.5 cm³/mol. The fraction of sp³-hybridized carbons (Fsp3) is 0.333. The summed E-state index contributed by atoms with van der Waals surface area (Å²) in [5.74, 6) is -0.453. The Hall–Kier alpha value is -2.30. The number of nitrogens with one attached hydrogen (secondary N) is 3. The summed E-state index contributed by atoms with van der Waals surface area (Å²) in [5.41, 5.74) is 1.22. The molecule has 0 fully saturated rings. The minimum absolute atomic E-state index is 0.0265. The summed E-state index contributed by atoms with van der Waals surface area (Å²) >= 11 is 0. The average Bonchev–Trinajstić information content (AvgIpc) is 2.80. The van der Waals surface area contributed by atoms with Gasteiger partial charge in [0.05, 0.1) is 6.54 Å². The summed E-state index contributed by atoms with van der Waals surface area (Å²) in [7, 11) is 0. The van der Waals surface area contributed by atoms with Gasteiger partial charge >= 0.3 is 0 Å². The molecule has 0 saturated carbocycles. The third-order valence-electron chi connectivity index (χ3n) is 2.74. The Bertz CT molecular complexity index is 638. The number of aromatic nitrogens is 1. The summed E-state index contributed by atoms with van der Waals surface area (Å²) in [5, 5.41) is 6.38. The Morgan fingerprint density at radius 1 is 1.20 bits per heavy atom. The summed E-state index contributed by atoms with van der Waals surface area (Å²) in [6.45, 7) is 5.66. The molecular weight excluding hydrogens is 254 g/mol. The molecule has 5 heteroatoms. The molecule has 2 amide bonds. The Morgan fingerprint density at radius 3 is 2.65 bits per heavy atom. The van der Waals surface area contributed by atoms with E-state index in [1.54, 1.807) is 12.1 Å². The predicted octanol–water partition coefficient (Wildman–Crippen LogP) is 1.81. The Labute approximate surface area is 117 Å². The average molecular weight is 273 g/mol. The lowest BCUT2D eigenvalue weighted by atomic mass is 10.1. The first kappa shape index (κ1) is 14.1. The normalized spacial score (nSPS) is 11.3. The molecule has 0 saturated heterocycles. The topological polar surface area (TPSA) is 74.0 Å². The van der Waals surface area contributed by atoms with Crippen molar-refractivity contribution >= 4 is 22.7 Å². The van der Waals surface area contributed by atoms with Gasteiger partial charge in [-0.05, 0) is 45.0 Å². The molecule has 5 nitrogen and oxygen atoms in total. The van der Waals surface area contributed by atoms with Crippen LogP contribution >= 0.6 is 0 Å². The maximum atomic E-state index is 12.0. The highest BCUT2D eigenvalue weighted by Gasteiger charge is 2.14. The smallest absolute Gasteiger partial charge is 0.251 e. The van der Waals surface area contributed by atoms with Crippen molar-refractivity contribution < 1.29 is 9.59 Å². The number of hydrogen-bond donors (Lipinski definition) is 3. The third kappa shape index (κ3) is 3.60. The van der Waals surface area contributed by atoms with E-state index < -0.39 is 0 Å². The molecule has 0 aliphatic rings. The summed E-state index contributed by atoms with van der Waals surface area (Å²) in [6.07, 6.45) is 1.82. The van der Waals surface area contributed by atoms with Gasteiger partial charge in [0.1, 0.15) is 0 Å². The van der Waals surface area contributed by atoms with E-state index in [0.717, 1.165) is 10.9 Å². The minimum Gasteiger partial charge on any atom is -0.361 e. The Kier molecular flexibility index (Phi) is 3.79. The summed E-state index contributed by atoms with van der Waals surface area (Å²) in [6, 6.07) is 7.27. The number of hydrogen-bond acceptors (Lipinski definition) is 2. The zero-order chi connectivity index (χ0) is 14.8. The number of amides is 2. The van der Waals surface area contributed by atoms with E-state index in [4.69, 9.17) is 0 Å². The van der Waals surface area contributed by atoms with Crippen LogP contribution in [0, 0.1) is 0 Å². The van der Waals surface area contributed by atoms with Crippen molar-refractivity contribution in [2.75, 3.05) is 6.54 Å². The molecule has 2 aromatic rings. The lowest BCUT2D eigenvalue weighted by molar-refractivity contribution is -0.121. The van der Waals surface area contributed by atoms with Crippen LogP contribution in [0.25, 0.3) is 10.9 Å². The second-order valence-corrected chi connectivity index (χ2v) is 5.76. The molecular formula is C15H19N3O2. The fourth-order valence-corrected chi connectivity index (χ4v) is 1.92. The van der Waals surface area contributed by atoms with Gasteiger partial charge < -0.3 is 15.6 Å². The first-order chi connectivity index (χ1) is 9.35. The standard InChI is InChI=1S/C15H19N3O2/c1-15(2,3)18-13(19)9-17-14(20)11-4-5-12-10(8-11)6-7-16-12/h4-8,16H,9H2,1-3H3,(H,17,20)(H,18,19). The van der Waals surface area contributed by atoms with E-state index >= 15 is 0 Å². The summed E-state index contributed by atoms with van der Waals surface area (Å²) in [4.78, 5) is 26.7. The van der Waals surface area contributed by atoms with Crippen LogP contribution in [0.1, 0.15) is 31.1 Å². The van der Waals surface area contributed by atoms with Crippen LogP contribution in [0.4, 0.5) is 0 Å². The van der Waals surface area contributed by atoms with Crippen LogP contribution in [0.3, 0.4) is 0 Å². The molecule has 106 valence electrons. The molecule has 0 unspecified atom stereocenters. The van der Waals surface area contributed by atoms with Gasteiger partial charge in [0.15, 0.2) is 0 Å². The van der Waals surface area contributed by atoms with Gasteiger partial charge in [-0.2, -0.15) is 0 Å². The van der Waals surface area contributed by atoms with Crippen molar-refractivity contribution in [3.05, 3.63) is 36.0 Å². The van der Waals surface area contributed by atoms with Crippen LogP contribution in [0.15, 0.2) is 30.5 Å². The van der Waals surface area contributed by atoms with Gasteiger partial charge in [-0.15, -0.1) is 0 Å². The van der Waals surface area contributed by atoms with Gasteiger partial charge in [-0.3, -0.25) is 9.59 Å². The number of fused-ring (bicyclic) bond motifs is 1. The largest absolute Gasteiger partial charge is 0.361 e. The fourth-order valence-electron chi connectivity index (χ4n) is 1.92. The third-order valence-corrected chi connectivity index (χ3v) is 2.74. The van der Waals surface area contributed by atoms with Crippen molar-refractivity contribution in [2.45, 2.75) is 26.3 Å².